The molecular formula is C8H10N2S. The monoisotopic (exact) mass is 166 g/mol. The smallest absolute Gasteiger partial charge is 0.119 e. The topological polar surface area (TPSA) is 24.9 Å². The zero-order valence-electron chi connectivity index (χ0n) is 6.42. The summed E-state index contributed by atoms with van der Waals surface area (Å²) < 4.78 is 0. The molecule has 0 aliphatic carbocycles. The molecule has 0 aromatic carbocycles. The van der Waals surface area contributed by atoms with Crippen LogP contribution in [-0.2, 0) is 0 Å². The number of thioether (sulfide) groups is 1. The fraction of sp³-hybridized carbons (Fsp3) is 0.375. The molecule has 2 rings (SSSR count). The van der Waals surface area contributed by atoms with Crippen molar-refractivity contribution in [1.82, 2.24) is 4.98 Å². The summed E-state index contributed by atoms with van der Waals surface area (Å²) in [6, 6.07) is 2.04. The van der Waals surface area contributed by atoms with E-state index in [0.717, 1.165) is 17.3 Å². The highest BCUT2D eigenvalue weighted by molar-refractivity contribution is 7.99. The van der Waals surface area contributed by atoms with Crippen molar-refractivity contribution in [1.29, 1.82) is 0 Å². The second-order valence-corrected chi connectivity index (χ2v) is 3.67. The highest BCUT2D eigenvalue weighted by atomic mass is 32.2. The van der Waals surface area contributed by atoms with Gasteiger partial charge in [-0.15, -0.1) is 11.8 Å². The minimum absolute atomic E-state index is 1.06. The number of pyridine rings is 1. The van der Waals surface area contributed by atoms with Crippen LogP contribution in [0.1, 0.15) is 5.56 Å². The number of aryl methyl sites for hydroxylation is 1. The van der Waals surface area contributed by atoms with Gasteiger partial charge in [0.25, 0.3) is 0 Å². The molecule has 3 heteroatoms. The van der Waals surface area contributed by atoms with E-state index in [0.29, 0.717) is 0 Å². The van der Waals surface area contributed by atoms with E-state index in [9.17, 15) is 0 Å². The summed E-state index contributed by atoms with van der Waals surface area (Å²) in [7, 11) is 0. The lowest BCUT2D eigenvalue weighted by Gasteiger charge is -2.17. The molecule has 1 aromatic rings. The van der Waals surface area contributed by atoms with Gasteiger partial charge in [0.1, 0.15) is 5.03 Å². The second-order valence-electron chi connectivity index (χ2n) is 2.58. The Hall–Kier alpha value is -0.700. The van der Waals surface area contributed by atoms with Crippen LogP contribution in [0.25, 0.3) is 0 Å². The zero-order chi connectivity index (χ0) is 7.68. The third kappa shape index (κ3) is 1.20. The largest absolute Gasteiger partial charge is 0.382 e. The highest BCUT2D eigenvalue weighted by Crippen LogP contribution is 2.30. The summed E-state index contributed by atoms with van der Waals surface area (Å²) >= 11 is 1.83. The lowest BCUT2D eigenvalue weighted by molar-refractivity contribution is 1.05. The molecule has 1 aliphatic rings. The lowest BCUT2D eigenvalue weighted by atomic mass is 10.2. The first-order valence-corrected chi connectivity index (χ1v) is 4.69. The second kappa shape index (κ2) is 2.74. The van der Waals surface area contributed by atoms with Crippen LogP contribution in [0.5, 0.6) is 0 Å². The van der Waals surface area contributed by atoms with Crippen molar-refractivity contribution in [3.8, 4) is 0 Å². The van der Waals surface area contributed by atoms with Gasteiger partial charge in [0.15, 0.2) is 0 Å². The molecule has 11 heavy (non-hydrogen) atoms. The molecule has 0 amide bonds. The fourth-order valence-electron chi connectivity index (χ4n) is 1.18. The van der Waals surface area contributed by atoms with Gasteiger partial charge in [-0.05, 0) is 18.6 Å². The number of rotatable bonds is 0. The van der Waals surface area contributed by atoms with Gasteiger partial charge in [0, 0.05) is 18.5 Å². The van der Waals surface area contributed by atoms with Crippen molar-refractivity contribution >= 4 is 17.4 Å². The lowest BCUT2D eigenvalue weighted by Crippen LogP contribution is -2.12. The maximum atomic E-state index is 4.28. The van der Waals surface area contributed by atoms with E-state index in [4.69, 9.17) is 0 Å². The number of nitrogens with one attached hydrogen (secondary N) is 1. The quantitative estimate of drug-likeness (QED) is 0.637. The third-order valence-corrected chi connectivity index (χ3v) is 2.76. The molecule has 1 aliphatic heterocycles. The molecule has 58 valence electrons. The molecule has 1 aromatic heterocycles. The van der Waals surface area contributed by atoms with E-state index in [1.165, 1.54) is 11.3 Å². The summed E-state index contributed by atoms with van der Waals surface area (Å²) in [5.41, 5.74) is 2.52. The van der Waals surface area contributed by atoms with Crippen LogP contribution in [-0.4, -0.2) is 17.3 Å². The van der Waals surface area contributed by atoms with E-state index in [1.54, 1.807) is 0 Å². The number of aromatic nitrogens is 1. The van der Waals surface area contributed by atoms with Crippen LogP contribution in [0.2, 0.25) is 0 Å². The Morgan fingerprint density at radius 2 is 2.55 bits per heavy atom. The fourth-order valence-corrected chi connectivity index (χ4v) is 2.09. The zero-order valence-corrected chi connectivity index (χ0v) is 7.24. The van der Waals surface area contributed by atoms with Crippen LogP contribution in [0.3, 0.4) is 0 Å². The summed E-state index contributed by atoms with van der Waals surface area (Å²) in [4.78, 5) is 4.28. The predicted octanol–water partition coefficient (Wildman–Crippen LogP) is 1.91. The molecule has 0 fully saturated rings. The van der Waals surface area contributed by atoms with Crippen molar-refractivity contribution in [3.63, 3.8) is 0 Å². The molecule has 0 saturated carbocycles. The van der Waals surface area contributed by atoms with Crippen molar-refractivity contribution in [2.24, 2.45) is 0 Å². The Bertz CT molecular complexity index is 273. The molecule has 0 radical (unpaired) electrons. The van der Waals surface area contributed by atoms with Crippen LogP contribution in [0.15, 0.2) is 17.3 Å². The van der Waals surface area contributed by atoms with Crippen LogP contribution < -0.4 is 5.32 Å². The van der Waals surface area contributed by atoms with E-state index in [-0.39, 0.29) is 0 Å². The number of hydrogen-bond acceptors (Lipinski definition) is 3. The highest BCUT2D eigenvalue weighted by Gasteiger charge is 2.10. The van der Waals surface area contributed by atoms with Crippen LogP contribution >= 0.6 is 11.8 Å². The Morgan fingerprint density at radius 3 is 3.36 bits per heavy atom. The van der Waals surface area contributed by atoms with Crippen molar-refractivity contribution in [2.45, 2.75) is 11.9 Å². The Morgan fingerprint density at radius 1 is 1.64 bits per heavy atom. The van der Waals surface area contributed by atoms with E-state index in [2.05, 4.69) is 17.2 Å². The molecule has 0 spiro atoms. The van der Waals surface area contributed by atoms with E-state index < -0.39 is 0 Å². The Labute approximate surface area is 70.4 Å². The summed E-state index contributed by atoms with van der Waals surface area (Å²) in [6.45, 7) is 3.17. The minimum Gasteiger partial charge on any atom is -0.382 e. The minimum atomic E-state index is 1.06. The molecule has 0 unspecified atom stereocenters. The molecule has 2 heterocycles. The number of nitrogens with zero attached hydrogens (tertiary/aromatic N) is 1. The SMILES string of the molecule is Cc1ccnc2c1NCCS2. The number of anilines is 1. The van der Waals surface area contributed by atoms with Crippen LogP contribution in [0, 0.1) is 6.92 Å². The predicted molar refractivity (Wildman–Crippen MR) is 48.2 cm³/mol. The molecule has 2 nitrogen and oxygen atoms in total. The van der Waals surface area contributed by atoms with Gasteiger partial charge >= 0.3 is 0 Å². The van der Waals surface area contributed by atoms with E-state index in [1.807, 2.05) is 24.0 Å². The Kier molecular flexibility index (Phi) is 1.74. The van der Waals surface area contributed by atoms with Crippen molar-refractivity contribution < 1.29 is 0 Å². The first-order valence-electron chi connectivity index (χ1n) is 3.70. The van der Waals surface area contributed by atoms with Gasteiger partial charge < -0.3 is 5.32 Å². The summed E-state index contributed by atoms with van der Waals surface area (Å²) in [5.74, 6) is 1.13. The van der Waals surface area contributed by atoms with Gasteiger partial charge in [-0.25, -0.2) is 4.98 Å². The third-order valence-electron chi connectivity index (χ3n) is 1.77. The summed E-state index contributed by atoms with van der Waals surface area (Å²) in [6.07, 6.45) is 1.87. The molecule has 0 atom stereocenters. The van der Waals surface area contributed by atoms with Gasteiger partial charge in [0.05, 0.1) is 5.69 Å². The molecule has 0 saturated heterocycles. The summed E-state index contributed by atoms with van der Waals surface area (Å²) in [5, 5.41) is 4.50. The average Bonchev–Trinajstić information content (AvgIpc) is 2.06. The molecule has 1 N–H and O–H groups in total. The Balaban J connectivity index is 2.49. The number of fused-ring (bicyclic) bond motifs is 1. The van der Waals surface area contributed by atoms with Crippen molar-refractivity contribution in [3.05, 3.63) is 17.8 Å². The first-order chi connectivity index (χ1) is 5.38. The van der Waals surface area contributed by atoms with Crippen LogP contribution in [0.4, 0.5) is 5.69 Å². The molecular weight excluding hydrogens is 156 g/mol. The maximum Gasteiger partial charge on any atom is 0.119 e. The first kappa shape index (κ1) is 6.98. The molecule has 0 bridgehead atoms. The van der Waals surface area contributed by atoms with Gasteiger partial charge in [-0.1, -0.05) is 0 Å². The average molecular weight is 166 g/mol. The maximum absolute atomic E-state index is 4.28. The normalized spacial score (nSPS) is 15.4. The van der Waals surface area contributed by atoms with Gasteiger partial charge in [-0.3, -0.25) is 0 Å². The van der Waals surface area contributed by atoms with Gasteiger partial charge in [0.2, 0.25) is 0 Å². The number of hydrogen-bond donors (Lipinski definition) is 1. The van der Waals surface area contributed by atoms with Crippen molar-refractivity contribution in [2.75, 3.05) is 17.6 Å². The standard InChI is InChI=1S/C8H10N2S/c1-6-2-3-10-8-7(6)9-4-5-11-8/h2-3,9H,4-5H2,1H3. The van der Waals surface area contributed by atoms with Gasteiger partial charge in [-0.2, -0.15) is 0 Å². The van der Waals surface area contributed by atoms with E-state index >= 15 is 0 Å².